The molecule has 0 spiro atoms. The van der Waals surface area contributed by atoms with Crippen LogP contribution in [0.1, 0.15) is 32.8 Å². The summed E-state index contributed by atoms with van der Waals surface area (Å²) in [5.41, 5.74) is 1.00. The van der Waals surface area contributed by atoms with E-state index in [0.29, 0.717) is 6.54 Å². The molecule has 0 aliphatic heterocycles. The van der Waals surface area contributed by atoms with E-state index in [2.05, 4.69) is 26.1 Å². The lowest BCUT2D eigenvalue weighted by atomic mass is 9.90. The highest BCUT2D eigenvalue weighted by atomic mass is 19.2. The molecular formula is C13H19F2N. The molecule has 0 fully saturated rings. The Balaban J connectivity index is 2.46. The van der Waals surface area contributed by atoms with Gasteiger partial charge in [-0.3, -0.25) is 0 Å². The summed E-state index contributed by atoms with van der Waals surface area (Å²) in [7, 11) is 0. The van der Waals surface area contributed by atoms with E-state index in [1.54, 1.807) is 6.07 Å². The Bertz CT molecular complexity index is 348. The predicted molar refractivity (Wildman–Crippen MR) is 62.1 cm³/mol. The van der Waals surface area contributed by atoms with Gasteiger partial charge in [-0.15, -0.1) is 0 Å². The zero-order valence-corrected chi connectivity index (χ0v) is 10.1. The molecule has 1 N–H and O–H groups in total. The quantitative estimate of drug-likeness (QED) is 0.812. The largest absolute Gasteiger partial charge is 0.312 e. The molecule has 16 heavy (non-hydrogen) atoms. The number of hydrogen-bond acceptors (Lipinski definition) is 1. The molecule has 0 aliphatic rings. The van der Waals surface area contributed by atoms with Crippen LogP contribution in [-0.4, -0.2) is 6.54 Å². The second-order valence-corrected chi connectivity index (χ2v) is 4.87. The van der Waals surface area contributed by atoms with Crippen molar-refractivity contribution in [3.05, 3.63) is 35.4 Å². The summed E-state index contributed by atoms with van der Waals surface area (Å²) in [4.78, 5) is 0. The summed E-state index contributed by atoms with van der Waals surface area (Å²) < 4.78 is 25.6. The van der Waals surface area contributed by atoms with Crippen LogP contribution in [0.3, 0.4) is 0 Å². The van der Waals surface area contributed by atoms with Crippen molar-refractivity contribution in [3.63, 3.8) is 0 Å². The van der Waals surface area contributed by atoms with E-state index >= 15 is 0 Å². The lowest BCUT2D eigenvalue weighted by molar-refractivity contribution is 0.327. The molecule has 1 nitrogen and oxygen atoms in total. The average Bonchev–Trinajstić information content (AvgIpc) is 2.23. The SMILES string of the molecule is CCC(C)(C)CNCc1ccc(F)c(F)c1. The third kappa shape index (κ3) is 3.89. The minimum Gasteiger partial charge on any atom is -0.312 e. The van der Waals surface area contributed by atoms with Crippen molar-refractivity contribution in [1.82, 2.24) is 5.32 Å². The molecule has 1 rings (SSSR count). The lowest BCUT2D eigenvalue weighted by Gasteiger charge is -2.22. The van der Waals surface area contributed by atoms with Crippen LogP contribution in [0, 0.1) is 17.0 Å². The fourth-order valence-electron chi connectivity index (χ4n) is 1.32. The molecule has 0 aliphatic carbocycles. The summed E-state index contributed by atoms with van der Waals surface area (Å²) in [5.74, 6) is -1.58. The number of nitrogens with one attached hydrogen (secondary N) is 1. The zero-order valence-electron chi connectivity index (χ0n) is 10.1. The number of rotatable bonds is 5. The fraction of sp³-hybridized carbons (Fsp3) is 0.538. The van der Waals surface area contributed by atoms with Gasteiger partial charge in [0, 0.05) is 13.1 Å². The van der Waals surface area contributed by atoms with Gasteiger partial charge in [0.25, 0.3) is 0 Å². The maximum atomic E-state index is 12.9. The van der Waals surface area contributed by atoms with Gasteiger partial charge in [0.15, 0.2) is 11.6 Å². The summed E-state index contributed by atoms with van der Waals surface area (Å²) in [6, 6.07) is 4.00. The van der Waals surface area contributed by atoms with Gasteiger partial charge in [-0.1, -0.05) is 26.8 Å². The van der Waals surface area contributed by atoms with E-state index < -0.39 is 11.6 Å². The standard InChI is InChI=1S/C13H19F2N/c1-4-13(2,3)9-16-8-10-5-6-11(14)12(15)7-10/h5-7,16H,4,8-9H2,1-3H3. The van der Waals surface area contributed by atoms with Crippen LogP contribution in [-0.2, 0) is 6.54 Å². The van der Waals surface area contributed by atoms with Crippen LogP contribution in [0.4, 0.5) is 8.78 Å². The summed E-state index contributed by atoms with van der Waals surface area (Å²) in [5, 5.41) is 3.25. The second kappa shape index (κ2) is 5.39. The van der Waals surface area contributed by atoms with Crippen molar-refractivity contribution in [2.75, 3.05) is 6.54 Å². The molecule has 3 heteroatoms. The van der Waals surface area contributed by atoms with Gasteiger partial charge in [-0.2, -0.15) is 0 Å². The summed E-state index contributed by atoms with van der Waals surface area (Å²) >= 11 is 0. The van der Waals surface area contributed by atoms with Gasteiger partial charge in [-0.25, -0.2) is 8.78 Å². The summed E-state index contributed by atoms with van der Waals surface area (Å²) in [6.07, 6.45) is 1.08. The van der Waals surface area contributed by atoms with Crippen LogP contribution in [0.5, 0.6) is 0 Å². The third-order valence-electron chi connectivity index (χ3n) is 2.87. The maximum absolute atomic E-state index is 12.9. The molecule has 0 amide bonds. The van der Waals surface area contributed by atoms with Crippen molar-refractivity contribution < 1.29 is 8.78 Å². The maximum Gasteiger partial charge on any atom is 0.159 e. The molecule has 1 aromatic carbocycles. The average molecular weight is 227 g/mol. The third-order valence-corrected chi connectivity index (χ3v) is 2.87. The molecule has 0 radical (unpaired) electrons. The topological polar surface area (TPSA) is 12.0 Å². The Morgan fingerprint density at radius 2 is 1.88 bits per heavy atom. The minimum atomic E-state index is -0.794. The van der Waals surface area contributed by atoms with E-state index in [-0.39, 0.29) is 5.41 Å². The second-order valence-electron chi connectivity index (χ2n) is 4.87. The Morgan fingerprint density at radius 3 is 2.44 bits per heavy atom. The minimum absolute atomic E-state index is 0.235. The number of halogens is 2. The highest BCUT2D eigenvalue weighted by molar-refractivity contribution is 5.17. The zero-order chi connectivity index (χ0) is 12.2. The molecule has 0 saturated carbocycles. The lowest BCUT2D eigenvalue weighted by Crippen LogP contribution is -2.28. The van der Waals surface area contributed by atoms with Gasteiger partial charge in [0.2, 0.25) is 0 Å². The predicted octanol–water partition coefficient (Wildman–Crippen LogP) is 3.49. The highest BCUT2D eigenvalue weighted by Gasteiger charge is 2.13. The van der Waals surface area contributed by atoms with Crippen LogP contribution >= 0.6 is 0 Å². The van der Waals surface area contributed by atoms with Gasteiger partial charge >= 0.3 is 0 Å². The van der Waals surface area contributed by atoms with E-state index in [0.717, 1.165) is 24.6 Å². The molecule has 0 bridgehead atoms. The fourth-order valence-corrected chi connectivity index (χ4v) is 1.32. The molecule has 90 valence electrons. The number of hydrogen-bond donors (Lipinski definition) is 1. The van der Waals surface area contributed by atoms with Gasteiger partial charge in [-0.05, 0) is 29.5 Å². The first-order chi connectivity index (χ1) is 7.44. The van der Waals surface area contributed by atoms with Crippen LogP contribution in [0.15, 0.2) is 18.2 Å². The van der Waals surface area contributed by atoms with Crippen molar-refractivity contribution >= 4 is 0 Å². The first-order valence-corrected chi connectivity index (χ1v) is 5.59. The Morgan fingerprint density at radius 1 is 1.19 bits per heavy atom. The van der Waals surface area contributed by atoms with Crippen LogP contribution in [0.25, 0.3) is 0 Å². The smallest absolute Gasteiger partial charge is 0.159 e. The first kappa shape index (κ1) is 13.1. The van der Waals surface area contributed by atoms with E-state index in [4.69, 9.17) is 0 Å². The molecule has 0 saturated heterocycles. The van der Waals surface area contributed by atoms with Crippen LogP contribution in [0.2, 0.25) is 0 Å². The van der Waals surface area contributed by atoms with Gasteiger partial charge < -0.3 is 5.32 Å². The molecule has 0 unspecified atom stereocenters. The first-order valence-electron chi connectivity index (χ1n) is 5.59. The van der Waals surface area contributed by atoms with Crippen molar-refractivity contribution in [2.24, 2.45) is 5.41 Å². The normalized spacial score (nSPS) is 11.8. The molecule has 0 heterocycles. The van der Waals surface area contributed by atoms with Crippen molar-refractivity contribution in [2.45, 2.75) is 33.7 Å². The molecule has 0 aromatic heterocycles. The molecule has 0 atom stereocenters. The van der Waals surface area contributed by atoms with E-state index in [9.17, 15) is 8.78 Å². The number of benzene rings is 1. The molecule has 1 aromatic rings. The van der Waals surface area contributed by atoms with E-state index in [1.807, 2.05) is 0 Å². The van der Waals surface area contributed by atoms with Gasteiger partial charge in [0.05, 0.1) is 0 Å². The Kier molecular flexibility index (Phi) is 4.42. The van der Waals surface area contributed by atoms with Crippen molar-refractivity contribution in [1.29, 1.82) is 0 Å². The highest BCUT2D eigenvalue weighted by Crippen LogP contribution is 2.18. The Labute approximate surface area is 95.9 Å². The Hall–Kier alpha value is -0.960. The van der Waals surface area contributed by atoms with Crippen LogP contribution < -0.4 is 5.32 Å². The van der Waals surface area contributed by atoms with Gasteiger partial charge in [0.1, 0.15) is 0 Å². The monoisotopic (exact) mass is 227 g/mol. The summed E-state index contributed by atoms with van der Waals surface area (Å²) in [6.45, 7) is 7.92. The molecular weight excluding hydrogens is 208 g/mol. The van der Waals surface area contributed by atoms with Crippen molar-refractivity contribution in [3.8, 4) is 0 Å². The van der Waals surface area contributed by atoms with E-state index in [1.165, 1.54) is 6.07 Å².